The fourth-order valence-corrected chi connectivity index (χ4v) is 4.63. The number of hydrogen-bond acceptors (Lipinski definition) is 4. The van der Waals surface area contributed by atoms with Gasteiger partial charge in [0.25, 0.3) is 11.5 Å². The average molecular weight is 630 g/mol. The Hall–Kier alpha value is -2.50. The lowest BCUT2D eigenvalue weighted by molar-refractivity contribution is -0.142. The summed E-state index contributed by atoms with van der Waals surface area (Å²) in [5, 5.41) is 2.98. The fraction of sp³-hybridized carbons (Fsp3) is 0.320. The second kappa shape index (κ2) is 12.2. The molecule has 1 heterocycles. The van der Waals surface area contributed by atoms with Gasteiger partial charge in [0.05, 0.1) is 12.6 Å². The van der Waals surface area contributed by atoms with Gasteiger partial charge in [-0.1, -0.05) is 53.2 Å². The van der Waals surface area contributed by atoms with Gasteiger partial charge in [0.1, 0.15) is 10.3 Å². The van der Waals surface area contributed by atoms with Gasteiger partial charge in [-0.25, -0.2) is 4.98 Å². The van der Waals surface area contributed by atoms with E-state index < -0.39 is 27.9 Å². The molecule has 1 N–H and O–H groups in total. The van der Waals surface area contributed by atoms with Crippen molar-refractivity contribution in [3.63, 3.8) is 0 Å². The Bertz CT molecular complexity index is 1250. The molecular weight excluding hydrogens is 605 g/mol. The summed E-state index contributed by atoms with van der Waals surface area (Å²) >= 11 is 6.17. The largest absolute Gasteiger partial charge is 0.434 e. The molecule has 0 aliphatic rings. The van der Waals surface area contributed by atoms with Crippen molar-refractivity contribution in [1.29, 1.82) is 0 Å². The quantitative estimate of drug-likeness (QED) is 0.332. The summed E-state index contributed by atoms with van der Waals surface area (Å²) in [6.45, 7) is 2.34. The van der Waals surface area contributed by atoms with Crippen LogP contribution in [0.5, 0.6) is 0 Å². The van der Waals surface area contributed by atoms with Crippen molar-refractivity contribution < 1.29 is 18.0 Å². The van der Waals surface area contributed by atoms with Crippen molar-refractivity contribution in [3.8, 4) is 0 Å². The van der Waals surface area contributed by atoms with Crippen LogP contribution < -0.4 is 10.9 Å². The van der Waals surface area contributed by atoms with E-state index in [0.29, 0.717) is 17.7 Å². The third-order valence-electron chi connectivity index (χ3n) is 5.61. The van der Waals surface area contributed by atoms with Crippen LogP contribution in [0.3, 0.4) is 0 Å². The molecule has 36 heavy (non-hydrogen) atoms. The number of amides is 1. The standard InChI is InChI=1S/C25H25Br2F3N4O2/c1-3-19(33(14-13-31-2)23(35)17-9-11-18(26)12-10-17)22-32-21(25(28,29)30)20(27)24(36)34(22)15-16-7-5-4-6-8-16/h4-12,19,31H,3,13-15H2,1-2H3. The molecule has 0 fully saturated rings. The first kappa shape index (κ1) is 28.1. The summed E-state index contributed by atoms with van der Waals surface area (Å²) < 4.78 is 42.9. The maximum Gasteiger partial charge on any atom is 0.434 e. The van der Waals surface area contributed by atoms with E-state index in [-0.39, 0.29) is 31.2 Å². The fourth-order valence-electron chi connectivity index (χ4n) is 3.84. The molecule has 0 saturated heterocycles. The number of aromatic nitrogens is 2. The van der Waals surface area contributed by atoms with E-state index in [2.05, 4.69) is 42.2 Å². The van der Waals surface area contributed by atoms with Crippen LogP contribution >= 0.6 is 31.9 Å². The van der Waals surface area contributed by atoms with Gasteiger partial charge in [0, 0.05) is 23.1 Å². The first-order chi connectivity index (χ1) is 17.1. The lowest BCUT2D eigenvalue weighted by atomic mass is 10.1. The molecule has 3 aromatic rings. The highest BCUT2D eigenvalue weighted by molar-refractivity contribution is 9.10. The van der Waals surface area contributed by atoms with Gasteiger partial charge < -0.3 is 10.2 Å². The Morgan fingerprint density at radius 1 is 1.11 bits per heavy atom. The Morgan fingerprint density at radius 2 is 1.75 bits per heavy atom. The third-order valence-corrected chi connectivity index (χ3v) is 6.85. The molecule has 0 aliphatic heterocycles. The molecule has 0 spiro atoms. The Morgan fingerprint density at radius 3 is 2.31 bits per heavy atom. The van der Waals surface area contributed by atoms with Crippen LogP contribution in [0, 0.1) is 0 Å². The highest BCUT2D eigenvalue weighted by Crippen LogP contribution is 2.34. The number of halogens is 5. The third kappa shape index (κ3) is 6.43. The molecule has 0 bridgehead atoms. The van der Waals surface area contributed by atoms with E-state index in [1.54, 1.807) is 68.6 Å². The minimum Gasteiger partial charge on any atom is -0.327 e. The minimum atomic E-state index is -4.86. The number of nitrogens with one attached hydrogen (secondary N) is 1. The second-order valence-electron chi connectivity index (χ2n) is 8.04. The number of hydrogen-bond donors (Lipinski definition) is 1. The van der Waals surface area contributed by atoms with Crippen LogP contribution in [0.15, 0.2) is 68.3 Å². The molecule has 1 atom stereocenters. The lowest BCUT2D eigenvalue weighted by Crippen LogP contribution is -2.42. The molecule has 6 nitrogen and oxygen atoms in total. The summed E-state index contributed by atoms with van der Waals surface area (Å²) in [7, 11) is 1.72. The number of likely N-dealkylation sites (N-methyl/N-ethyl adjacent to an activating group) is 1. The SMILES string of the molecule is CCC(c1nc(C(F)(F)F)c(Br)c(=O)n1Cc1ccccc1)N(CCNC)C(=O)c1ccc(Br)cc1. The van der Waals surface area contributed by atoms with Crippen LogP contribution in [0.1, 0.15) is 46.8 Å². The topological polar surface area (TPSA) is 67.2 Å². The monoisotopic (exact) mass is 628 g/mol. The molecule has 11 heteroatoms. The van der Waals surface area contributed by atoms with Gasteiger partial charge in [-0.05, 0) is 59.2 Å². The van der Waals surface area contributed by atoms with Crippen molar-refractivity contribution in [2.75, 3.05) is 20.1 Å². The van der Waals surface area contributed by atoms with Crippen molar-refractivity contribution >= 4 is 37.8 Å². The Labute approximate surface area is 223 Å². The van der Waals surface area contributed by atoms with Gasteiger partial charge in [-0.15, -0.1) is 0 Å². The zero-order valence-electron chi connectivity index (χ0n) is 19.6. The number of rotatable bonds is 9. The number of nitrogens with zero attached hydrogens (tertiary/aromatic N) is 3. The van der Waals surface area contributed by atoms with Crippen molar-refractivity contribution in [3.05, 3.63) is 96.5 Å². The van der Waals surface area contributed by atoms with Crippen molar-refractivity contribution in [2.24, 2.45) is 0 Å². The number of alkyl halides is 3. The summed E-state index contributed by atoms with van der Waals surface area (Å²) in [6, 6.07) is 14.7. The van der Waals surface area contributed by atoms with Crippen LogP contribution in [-0.2, 0) is 12.7 Å². The molecule has 0 radical (unpaired) electrons. The highest BCUT2D eigenvalue weighted by Gasteiger charge is 2.39. The van der Waals surface area contributed by atoms with Gasteiger partial charge >= 0.3 is 6.18 Å². The summed E-state index contributed by atoms with van der Waals surface area (Å²) in [4.78, 5) is 32.3. The molecule has 0 saturated carbocycles. The lowest BCUT2D eigenvalue weighted by Gasteiger charge is -2.33. The van der Waals surface area contributed by atoms with Gasteiger partial charge in [0.2, 0.25) is 0 Å². The summed E-state index contributed by atoms with van der Waals surface area (Å²) in [5.74, 6) is -0.495. The maximum absolute atomic E-state index is 13.9. The van der Waals surface area contributed by atoms with E-state index >= 15 is 0 Å². The average Bonchev–Trinajstić information content (AvgIpc) is 2.85. The molecule has 192 valence electrons. The molecule has 3 rings (SSSR count). The highest BCUT2D eigenvalue weighted by atomic mass is 79.9. The van der Waals surface area contributed by atoms with Crippen molar-refractivity contribution in [1.82, 2.24) is 19.8 Å². The predicted octanol–water partition coefficient (Wildman–Crippen LogP) is 5.65. The zero-order chi connectivity index (χ0) is 26.5. The Kier molecular flexibility index (Phi) is 9.48. The van der Waals surface area contributed by atoms with Crippen molar-refractivity contribution in [2.45, 2.75) is 32.1 Å². The van der Waals surface area contributed by atoms with Gasteiger partial charge in [-0.3, -0.25) is 14.2 Å². The van der Waals surface area contributed by atoms with E-state index in [0.717, 1.165) is 4.47 Å². The summed E-state index contributed by atoms with van der Waals surface area (Å²) in [5.41, 5.74) is -1.09. The molecule has 0 aliphatic carbocycles. The maximum atomic E-state index is 13.9. The van der Waals surface area contributed by atoms with Gasteiger partial charge in [0.15, 0.2) is 5.69 Å². The molecular formula is C25H25Br2F3N4O2. The smallest absolute Gasteiger partial charge is 0.327 e. The van der Waals surface area contributed by atoms with E-state index in [9.17, 15) is 22.8 Å². The van der Waals surface area contributed by atoms with Crippen LogP contribution in [-0.4, -0.2) is 40.5 Å². The van der Waals surface area contributed by atoms with Gasteiger partial charge in [-0.2, -0.15) is 13.2 Å². The van der Waals surface area contributed by atoms with E-state index in [4.69, 9.17) is 0 Å². The Balaban J connectivity index is 2.22. The minimum absolute atomic E-state index is 0.00157. The van der Waals surface area contributed by atoms with Crippen LogP contribution in [0.25, 0.3) is 0 Å². The van der Waals surface area contributed by atoms with Crippen LogP contribution in [0.4, 0.5) is 13.2 Å². The molecule has 2 aromatic carbocycles. The first-order valence-corrected chi connectivity index (χ1v) is 12.8. The second-order valence-corrected chi connectivity index (χ2v) is 9.75. The number of benzene rings is 2. The first-order valence-electron chi connectivity index (χ1n) is 11.2. The van der Waals surface area contributed by atoms with Crippen LogP contribution in [0.2, 0.25) is 0 Å². The molecule has 1 unspecified atom stereocenters. The normalized spacial score (nSPS) is 12.4. The zero-order valence-corrected chi connectivity index (χ0v) is 22.8. The summed E-state index contributed by atoms with van der Waals surface area (Å²) in [6.07, 6.45) is -4.62. The molecule has 1 amide bonds. The number of carbonyl (C=O) groups is 1. The number of carbonyl (C=O) groups excluding carboxylic acids is 1. The van der Waals surface area contributed by atoms with E-state index in [1.165, 1.54) is 9.47 Å². The van der Waals surface area contributed by atoms with E-state index in [1.807, 2.05) is 0 Å². The predicted molar refractivity (Wildman–Crippen MR) is 139 cm³/mol. The molecule has 1 aromatic heterocycles.